The molecule has 0 saturated carbocycles. The van der Waals surface area contributed by atoms with Crippen molar-refractivity contribution >= 4 is 5.91 Å². The second-order valence-corrected chi connectivity index (χ2v) is 3.54. The zero-order valence-corrected chi connectivity index (χ0v) is 9.12. The highest BCUT2D eigenvalue weighted by atomic mass is 16.3. The molecule has 1 amide bonds. The predicted molar refractivity (Wildman–Crippen MR) is 56.8 cm³/mol. The zero-order valence-electron chi connectivity index (χ0n) is 9.12. The summed E-state index contributed by atoms with van der Waals surface area (Å²) in [5, 5.41) is 12.1. The zero-order chi connectivity index (χ0) is 11.0. The number of unbranched alkanes of at least 4 members (excludes halogenated alkanes) is 1. The Bertz CT molecular complexity index is 162. The lowest BCUT2D eigenvalue weighted by molar-refractivity contribution is -0.130. The van der Waals surface area contributed by atoms with Crippen LogP contribution < -0.4 is 11.1 Å². The molecule has 84 valence electrons. The first-order chi connectivity index (χ1) is 6.63. The number of hydrogen-bond donors (Lipinski definition) is 3. The minimum atomic E-state index is -1.06. The standard InChI is InChI=1S/C10H22N2O2/c1-3-5-7-12-10(14)9(13)8(11)6-4-2/h8-9,13H,3-7,11H2,1-2H3,(H,12,14)/t8-,9-/m0/s1. The number of carbonyl (C=O) groups excluding carboxylic acids is 1. The van der Waals surface area contributed by atoms with E-state index in [1.165, 1.54) is 0 Å². The summed E-state index contributed by atoms with van der Waals surface area (Å²) in [7, 11) is 0. The van der Waals surface area contributed by atoms with Gasteiger partial charge in [-0.25, -0.2) is 0 Å². The Hall–Kier alpha value is -0.610. The summed E-state index contributed by atoms with van der Waals surface area (Å²) in [6.45, 7) is 4.64. The molecule has 14 heavy (non-hydrogen) atoms. The fourth-order valence-electron chi connectivity index (χ4n) is 1.18. The molecule has 0 fully saturated rings. The molecule has 4 nitrogen and oxygen atoms in total. The Morgan fingerprint density at radius 2 is 2.07 bits per heavy atom. The topological polar surface area (TPSA) is 75.3 Å². The van der Waals surface area contributed by atoms with Crippen molar-refractivity contribution in [3.05, 3.63) is 0 Å². The van der Waals surface area contributed by atoms with Gasteiger partial charge in [-0.15, -0.1) is 0 Å². The Kier molecular flexibility index (Phi) is 7.42. The quantitative estimate of drug-likeness (QED) is 0.523. The van der Waals surface area contributed by atoms with Crippen LogP contribution in [0.1, 0.15) is 39.5 Å². The summed E-state index contributed by atoms with van der Waals surface area (Å²) in [6.07, 6.45) is 2.44. The normalized spacial score (nSPS) is 14.9. The number of nitrogens with one attached hydrogen (secondary N) is 1. The fraction of sp³-hybridized carbons (Fsp3) is 0.900. The molecule has 0 aromatic heterocycles. The molecule has 4 N–H and O–H groups in total. The summed E-state index contributed by atoms with van der Waals surface area (Å²) in [5.41, 5.74) is 5.62. The maximum atomic E-state index is 11.3. The van der Waals surface area contributed by atoms with E-state index in [0.717, 1.165) is 19.3 Å². The highest BCUT2D eigenvalue weighted by molar-refractivity contribution is 5.81. The van der Waals surface area contributed by atoms with Gasteiger partial charge in [0, 0.05) is 12.6 Å². The summed E-state index contributed by atoms with van der Waals surface area (Å²) in [5.74, 6) is -0.348. The molecule has 0 bridgehead atoms. The van der Waals surface area contributed by atoms with E-state index >= 15 is 0 Å². The lowest BCUT2D eigenvalue weighted by atomic mass is 10.1. The van der Waals surface area contributed by atoms with Crippen molar-refractivity contribution in [2.24, 2.45) is 5.73 Å². The van der Waals surface area contributed by atoms with Crippen LogP contribution in [0.25, 0.3) is 0 Å². The van der Waals surface area contributed by atoms with Crippen LogP contribution in [0.2, 0.25) is 0 Å². The van der Waals surface area contributed by atoms with Crippen LogP contribution in [0, 0.1) is 0 Å². The first kappa shape index (κ1) is 13.4. The summed E-state index contributed by atoms with van der Waals surface area (Å²) >= 11 is 0. The highest BCUT2D eigenvalue weighted by Crippen LogP contribution is 1.99. The van der Waals surface area contributed by atoms with E-state index in [-0.39, 0.29) is 5.91 Å². The molecule has 4 heteroatoms. The van der Waals surface area contributed by atoms with Gasteiger partial charge in [0.05, 0.1) is 0 Å². The lowest BCUT2D eigenvalue weighted by Gasteiger charge is -2.17. The first-order valence-electron chi connectivity index (χ1n) is 5.34. The molecule has 0 aromatic carbocycles. The molecule has 0 rings (SSSR count). The number of aliphatic hydroxyl groups excluding tert-OH is 1. The average Bonchev–Trinajstić information content (AvgIpc) is 2.17. The second kappa shape index (κ2) is 7.76. The molecule has 0 heterocycles. The Labute approximate surface area is 85.9 Å². The number of aliphatic hydroxyl groups is 1. The van der Waals surface area contributed by atoms with E-state index in [9.17, 15) is 9.90 Å². The van der Waals surface area contributed by atoms with Crippen molar-refractivity contribution in [1.82, 2.24) is 5.32 Å². The molecule has 0 aliphatic heterocycles. The van der Waals surface area contributed by atoms with E-state index in [4.69, 9.17) is 5.73 Å². The highest BCUT2D eigenvalue weighted by Gasteiger charge is 2.21. The third-order valence-electron chi connectivity index (χ3n) is 2.13. The monoisotopic (exact) mass is 202 g/mol. The maximum Gasteiger partial charge on any atom is 0.250 e. The van der Waals surface area contributed by atoms with Gasteiger partial charge < -0.3 is 16.2 Å². The van der Waals surface area contributed by atoms with Crippen LogP contribution in [0.3, 0.4) is 0 Å². The van der Waals surface area contributed by atoms with Gasteiger partial charge in [0.25, 0.3) is 0 Å². The van der Waals surface area contributed by atoms with Crippen molar-refractivity contribution < 1.29 is 9.90 Å². The molecule has 0 aromatic rings. The van der Waals surface area contributed by atoms with Gasteiger partial charge in [-0.2, -0.15) is 0 Å². The third-order valence-corrected chi connectivity index (χ3v) is 2.13. The molecule has 0 aliphatic rings. The average molecular weight is 202 g/mol. The minimum absolute atomic E-state index is 0.348. The van der Waals surface area contributed by atoms with Gasteiger partial charge in [-0.05, 0) is 12.8 Å². The van der Waals surface area contributed by atoms with Crippen LogP contribution in [0.15, 0.2) is 0 Å². The largest absolute Gasteiger partial charge is 0.382 e. The van der Waals surface area contributed by atoms with Crippen molar-refractivity contribution in [2.75, 3.05) is 6.54 Å². The SMILES string of the molecule is CCCCNC(=O)[C@@H](O)[C@@H](N)CCC. The van der Waals surface area contributed by atoms with E-state index in [2.05, 4.69) is 5.32 Å². The van der Waals surface area contributed by atoms with Crippen molar-refractivity contribution in [1.29, 1.82) is 0 Å². The first-order valence-corrected chi connectivity index (χ1v) is 5.34. The molecule has 0 radical (unpaired) electrons. The maximum absolute atomic E-state index is 11.3. The van der Waals surface area contributed by atoms with Crippen LogP contribution in [0.4, 0.5) is 0 Å². The van der Waals surface area contributed by atoms with Crippen molar-refractivity contribution in [3.63, 3.8) is 0 Å². The molecular formula is C10H22N2O2. The lowest BCUT2D eigenvalue weighted by Crippen LogP contribution is -2.46. The van der Waals surface area contributed by atoms with Crippen LogP contribution >= 0.6 is 0 Å². The smallest absolute Gasteiger partial charge is 0.250 e. The molecule has 0 aliphatic carbocycles. The van der Waals surface area contributed by atoms with Crippen LogP contribution in [-0.2, 0) is 4.79 Å². The summed E-state index contributed by atoms with van der Waals surface area (Å²) < 4.78 is 0. The number of amides is 1. The Balaban J connectivity index is 3.74. The summed E-state index contributed by atoms with van der Waals surface area (Å²) in [6, 6.07) is -0.443. The van der Waals surface area contributed by atoms with Gasteiger partial charge in [-0.1, -0.05) is 26.7 Å². The number of nitrogens with two attached hydrogens (primary N) is 1. The Morgan fingerprint density at radius 3 is 2.57 bits per heavy atom. The van der Waals surface area contributed by atoms with Gasteiger partial charge >= 0.3 is 0 Å². The van der Waals surface area contributed by atoms with Crippen molar-refractivity contribution in [2.45, 2.75) is 51.7 Å². The molecule has 0 spiro atoms. The Morgan fingerprint density at radius 1 is 1.43 bits per heavy atom. The summed E-state index contributed by atoms with van der Waals surface area (Å²) in [4.78, 5) is 11.3. The van der Waals surface area contributed by atoms with E-state index < -0.39 is 12.1 Å². The fourth-order valence-corrected chi connectivity index (χ4v) is 1.18. The third kappa shape index (κ3) is 5.19. The van der Waals surface area contributed by atoms with Gasteiger partial charge in [0.1, 0.15) is 6.10 Å². The van der Waals surface area contributed by atoms with Gasteiger partial charge in [-0.3, -0.25) is 4.79 Å². The van der Waals surface area contributed by atoms with Gasteiger partial charge in [0.2, 0.25) is 5.91 Å². The van der Waals surface area contributed by atoms with E-state index in [0.29, 0.717) is 13.0 Å². The molecule has 0 saturated heterocycles. The number of rotatable bonds is 7. The second-order valence-electron chi connectivity index (χ2n) is 3.54. The van der Waals surface area contributed by atoms with E-state index in [1.54, 1.807) is 0 Å². The van der Waals surface area contributed by atoms with Crippen molar-refractivity contribution in [3.8, 4) is 0 Å². The molecule has 0 unspecified atom stereocenters. The van der Waals surface area contributed by atoms with Crippen LogP contribution in [0.5, 0.6) is 0 Å². The molecular weight excluding hydrogens is 180 g/mol. The molecule has 2 atom stereocenters. The van der Waals surface area contributed by atoms with Gasteiger partial charge in [0.15, 0.2) is 0 Å². The van der Waals surface area contributed by atoms with E-state index in [1.807, 2.05) is 13.8 Å². The van der Waals surface area contributed by atoms with Crippen LogP contribution in [-0.4, -0.2) is 29.7 Å². The predicted octanol–water partition coefficient (Wildman–Crippen LogP) is 0.391. The minimum Gasteiger partial charge on any atom is -0.382 e. The number of hydrogen-bond acceptors (Lipinski definition) is 3. The number of carbonyl (C=O) groups is 1.